The number of carbonyl (C=O) groups is 1. The van der Waals surface area contributed by atoms with Gasteiger partial charge in [0.2, 0.25) is 0 Å². The van der Waals surface area contributed by atoms with E-state index in [1.165, 1.54) is 25.7 Å². The smallest absolute Gasteiger partial charge is 0.407 e. The van der Waals surface area contributed by atoms with Crippen molar-refractivity contribution in [1.82, 2.24) is 10.2 Å². The van der Waals surface area contributed by atoms with Crippen molar-refractivity contribution in [2.45, 2.75) is 19.6 Å². The number of methoxy groups -OCH3 is 1. The first-order valence-electron chi connectivity index (χ1n) is 9.04. The van der Waals surface area contributed by atoms with Crippen molar-refractivity contribution in [3.63, 3.8) is 0 Å². The van der Waals surface area contributed by atoms with Gasteiger partial charge in [-0.05, 0) is 25.6 Å². The number of phenols is 1. The maximum absolute atomic E-state index is 12.1. The molecule has 1 unspecified atom stereocenters. The van der Waals surface area contributed by atoms with Gasteiger partial charge in [0.05, 0.1) is 23.7 Å². The van der Waals surface area contributed by atoms with E-state index in [-0.39, 0.29) is 22.7 Å². The number of hydrogen-bond acceptors (Lipinski definition) is 7. The molecular weight excluding hydrogens is 378 g/mol. The van der Waals surface area contributed by atoms with Crippen LogP contribution in [0.2, 0.25) is 0 Å². The van der Waals surface area contributed by atoms with Crippen molar-refractivity contribution >= 4 is 11.8 Å². The Morgan fingerprint density at radius 2 is 2.00 bits per heavy atom. The molecule has 0 radical (unpaired) electrons. The van der Waals surface area contributed by atoms with Gasteiger partial charge in [0.25, 0.3) is 5.69 Å². The predicted octanol–water partition coefficient (Wildman–Crippen LogP) is 3.23. The Hall–Kier alpha value is -3.33. The van der Waals surface area contributed by atoms with Crippen LogP contribution < -0.4 is 10.1 Å². The third-order valence-corrected chi connectivity index (χ3v) is 4.30. The first-order chi connectivity index (χ1) is 13.8. The molecule has 1 amide bonds. The molecule has 2 rings (SSSR count). The standard InChI is InChI=1S/C20H25N3O6/c1-14(16-11-19(28-3)18(24)12-17(16)23(26)27)29-20(25)21-9-10-22(2)13-15-7-5-4-6-8-15/h4-8,11-12,14,24H,9-10,13H2,1-3H3,(H,21,25). The number of rotatable bonds is 9. The number of ether oxygens (including phenoxy) is 2. The molecule has 0 bridgehead atoms. The van der Waals surface area contributed by atoms with E-state index in [0.29, 0.717) is 13.1 Å². The van der Waals surface area contributed by atoms with Crippen LogP contribution in [0, 0.1) is 10.1 Å². The van der Waals surface area contributed by atoms with E-state index in [2.05, 4.69) is 10.2 Å². The molecule has 0 fully saturated rings. The molecule has 0 saturated heterocycles. The van der Waals surface area contributed by atoms with Gasteiger partial charge >= 0.3 is 6.09 Å². The number of benzene rings is 2. The SMILES string of the molecule is COc1cc(C(C)OC(=O)NCCN(C)Cc2ccccc2)c([N+](=O)[O-])cc1O. The number of alkyl carbamates (subject to hydrolysis) is 1. The lowest BCUT2D eigenvalue weighted by Gasteiger charge is -2.18. The molecule has 2 aromatic carbocycles. The van der Waals surface area contributed by atoms with Crippen LogP contribution in [0.3, 0.4) is 0 Å². The topological polar surface area (TPSA) is 114 Å². The number of nitrogens with one attached hydrogen (secondary N) is 1. The van der Waals surface area contributed by atoms with E-state index in [0.717, 1.165) is 12.6 Å². The van der Waals surface area contributed by atoms with Crippen LogP contribution in [0.5, 0.6) is 11.5 Å². The van der Waals surface area contributed by atoms with Crippen LogP contribution in [-0.2, 0) is 11.3 Å². The summed E-state index contributed by atoms with van der Waals surface area (Å²) in [6.07, 6.45) is -1.60. The highest BCUT2D eigenvalue weighted by atomic mass is 16.6. The largest absolute Gasteiger partial charge is 0.504 e. The molecule has 2 N–H and O–H groups in total. The highest BCUT2D eigenvalue weighted by Gasteiger charge is 2.25. The predicted molar refractivity (Wildman–Crippen MR) is 107 cm³/mol. The van der Waals surface area contributed by atoms with E-state index in [1.807, 2.05) is 37.4 Å². The lowest BCUT2D eigenvalue weighted by molar-refractivity contribution is -0.386. The minimum Gasteiger partial charge on any atom is -0.504 e. The van der Waals surface area contributed by atoms with Crippen LogP contribution in [0.25, 0.3) is 0 Å². The fourth-order valence-corrected chi connectivity index (χ4v) is 2.81. The van der Waals surface area contributed by atoms with Gasteiger partial charge in [-0.2, -0.15) is 0 Å². The van der Waals surface area contributed by atoms with Gasteiger partial charge in [-0.25, -0.2) is 4.79 Å². The molecule has 2 aromatic rings. The zero-order valence-corrected chi connectivity index (χ0v) is 16.6. The summed E-state index contributed by atoms with van der Waals surface area (Å²) in [5.74, 6) is -0.301. The minimum absolute atomic E-state index is 0.0593. The number of aromatic hydroxyl groups is 1. The molecule has 9 heteroatoms. The second-order valence-electron chi connectivity index (χ2n) is 6.54. The van der Waals surface area contributed by atoms with Gasteiger partial charge < -0.3 is 24.8 Å². The van der Waals surface area contributed by atoms with Gasteiger partial charge in [0.1, 0.15) is 6.10 Å². The van der Waals surface area contributed by atoms with E-state index >= 15 is 0 Å². The third-order valence-electron chi connectivity index (χ3n) is 4.30. The molecule has 0 aliphatic heterocycles. The molecule has 156 valence electrons. The van der Waals surface area contributed by atoms with Crippen molar-refractivity contribution in [2.75, 3.05) is 27.2 Å². The quantitative estimate of drug-likeness (QED) is 0.488. The zero-order chi connectivity index (χ0) is 21.4. The summed E-state index contributed by atoms with van der Waals surface area (Å²) in [6.45, 7) is 3.22. The van der Waals surface area contributed by atoms with Crippen molar-refractivity contribution in [3.8, 4) is 11.5 Å². The Kier molecular flexibility index (Phi) is 7.79. The van der Waals surface area contributed by atoms with E-state index in [4.69, 9.17) is 9.47 Å². The summed E-state index contributed by atoms with van der Waals surface area (Å²) >= 11 is 0. The number of hydrogen-bond donors (Lipinski definition) is 2. The Morgan fingerprint density at radius 3 is 2.62 bits per heavy atom. The molecule has 9 nitrogen and oxygen atoms in total. The van der Waals surface area contributed by atoms with Gasteiger partial charge in [-0.15, -0.1) is 0 Å². The maximum atomic E-state index is 12.1. The molecular formula is C20H25N3O6. The number of amides is 1. The maximum Gasteiger partial charge on any atom is 0.407 e. The number of nitro benzene ring substituents is 1. The highest BCUT2D eigenvalue weighted by molar-refractivity contribution is 5.68. The van der Waals surface area contributed by atoms with Gasteiger partial charge in [0, 0.05) is 19.6 Å². The van der Waals surface area contributed by atoms with E-state index < -0.39 is 17.1 Å². The highest BCUT2D eigenvalue weighted by Crippen LogP contribution is 2.37. The van der Waals surface area contributed by atoms with Crippen molar-refractivity contribution in [1.29, 1.82) is 0 Å². The Bertz CT molecular complexity index is 844. The normalized spacial score (nSPS) is 11.7. The monoisotopic (exact) mass is 403 g/mol. The van der Waals surface area contributed by atoms with Crippen molar-refractivity contribution < 1.29 is 24.3 Å². The lowest BCUT2D eigenvalue weighted by Crippen LogP contribution is -2.33. The summed E-state index contributed by atoms with van der Waals surface area (Å²) in [6, 6.07) is 12.2. The van der Waals surface area contributed by atoms with Crippen LogP contribution in [0.1, 0.15) is 24.2 Å². The number of carbonyl (C=O) groups excluding carboxylic acids is 1. The fourth-order valence-electron chi connectivity index (χ4n) is 2.81. The number of nitro groups is 1. The summed E-state index contributed by atoms with van der Waals surface area (Å²) in [7, 11) is 3.27. The van der Waals surface area contributed by atoms with Crippen LogP contribution in [0.15, 0.2) is 42.5 Å². The summed E-state index contributed by atoms with van der Waals surface area (Å²) in [5.41, 5.74) is 0.937. The average Bonchev–Trinajstić information content (AvgIpc) is 2.68. The molecule has 0 heterocycles. The lowest BCUT2D eigenvalue weighted by atomic mass is 10.1. The number of nitrogens with zero attached hydrogens (tertiary/aromatic N) is 2. The van der Waals surface area contributed by atoms with Crippen molar-refractivity contribution in [3.05, 3.63) is 63.7 Å². The minimum atomic E-state index is -0.910. The Morgan fingerprint density at radius 1 is 1.31 bits per heavy atom. The molecule has 0 spiro atoms. The molecule has 0 aliphatic carbocycles. The van der Waals surface area contributed by atoms with Crippen LogP contribution in [-0.4, -0.2) is 48.3 Å². The second kappa shape index (κ2) is 10.3. The van der Waals surface area contributed by atoms with Gasteiger partial charge in [-0.3, -0.25) is 10.1 Å². The fraction of sp³-hybridized carbons (Fsp3) is 0.350. The third kappa shape index (κ3) is 6.35. The van der Waals surface area contributed by atoms with Gasteiger partial charge in [0.15, 0.2) is 11.5 Å². The summed E-state index contributed by atoms with van der Waals surface area (Å²) < 4.78 is 10.2. The van der Waals surface area contributed by atoms with Gasteiger partial charge in [-0.1, -0.05) is 30.3 Å². The first-order valence-corrected chi connectivity index (χ1v) is 9.04. The van der Waals surface area contributed by atoms with E-state index in [1.54, 1.807) is 0 Å². The molecule has 0 saturated carbocycles. The average molecular weight is 403 g/mol. The molecule has 0 aliphatic rings. The first kappa shape index (κ1) is 22.0. The number of phenolic OH excluding ortho intramolecular Hbond substituents is 1. The Balaban J connectivity index is 1.89. The summed E-state index contributed by atoms with van der Waals surface area (Å²) in [4.78, 5) is 24.7. The molecule has 29 heavy (non-hydrogen) atoms. The second-order valence-corrected chi connectivity index (χ2v) is 6.54. The molecule has 0 aromatic heterocycles. The molecule has 1 atom stereocenters. The van der Waals surface area contributed by atoms with E-state index in [9.17, 15) is 20.0 Å². The Labute approximate surface area is 169 Å². The summed E-state index contributed by atoms with van der Waals surface area (Å²) in [5, 5.41) is 23.6. The zero-order valence-electron chi connectivity index (χ0n) is 16.6. The van der Waals surface area contributed by atoms with Crippen LogP contribution in [0.4, 0.5) is 10.5 Å². The van der Waals surface area contributed by atoms with Crippen LogP contribution >= 0.6 is 0 Å². The number of likely N-dealkylation sites (N-methyl/N-ethyl adjacent to an activating group) is 1. The van der Waals surface area contributed by atoms with Crippen molar-refractivity contribution in [2.24, 2.45) is 0 Å².